The number of hydrogen-bond acceptors (Lipinski definition) is 0. The molecule has 0 heterocycles. The summed E-state index contributed by atoms with van der Waals surface area (Å²) in [7, 11) is 0. The van der Waals surface area contributed by atoms with Gasteiger partial charge in [0.05, 0.1) is 0 Å². The lowest BCUT2D eigenvalue weighted by Crippen LogP contribution is -1.99. The van der Waals surface area contributed by atoms with Crippen LogP contribution < -0.4 is 0 Å². The Labute approximate surface area is 184 Å². The summed E-state index contributed by atoms with van der Waals surface area (Å²) in [6.45, 7) is 4.25. The van der Waals surface area contributed by atoms with Gasteiger partial charge in [-0.1, -0.05) is 88.1 Å². The highest BCUT2D eigenvalue weighted by Gasteiger charge is 2.17. The van der Waals surface area contributed by atoms with Gasteiger partial charge in [-0.15, -0.1) is 0 Å². The van der Waals surface area contributed by atoms with Gasteiger partial charge in [0.25, 0.3) is 0 Å². The minimum Gasteiger partial charge on any atom is -0.206 e. The molecule has 3 aromatic carbocycles. The van der Waals surface area contributed by atoms with E-state index in [4.69, 9.17) is 0 Å². The van der Waals surface area contributed by atoms with E-state index in [1.54, 1.807) is 12.1 Å². The van der Waals surface area contributed by atoms with Crippen LogP contribution >= 0.6 is 0 Å². The molecular formula is C28H31F3. The third kappa shape index (κ3) is 5.78. The van der Waals surface area contributed by atoms with Crippen LogP contribution in [0.25, 0.3) is 22.3 Å². The molecule has 0 aliphatic rings. The fourth-order valence-corrected chi connectivity index (χ4v) is 3.91. The summed E-state index contributed by atoms with van der Waals surface area (Å²) in [6, 6.07) is 15.9. The highest BCUT2D eigenvalue weighted by atomic mass is 19.2. The Morgan fingerprint density at radius 2 is 1.19 bits per heavy atom. The summed E-state index contributed by atoms with van der Waals surface area (Å²) in [5.41, 5.74) is 3.29. The lowest BCUT2D eigenvalue weighted by atomic mass is 9.96. The van der Waals surface area contributed by atoms with Crippen LogP contribution in [0, 0.1) is 17.5 Å². The third-order valence-corrected chi connectivity index (χ3v) is 5.83. The Bertz CT molecular complexity index is 990. The fraction of sp³-hybridized carbons (Fsp3) is 0.357. The molecule has 0 aliphatic heterocycles. The van der Waals surface area contributed by atoms with Crippen molar-refractivity contribution in [2.24, 2.45) is 0 Å². The predicted octanol–water partition coefficient (Wildman–Crippen LogP) is 8.90. The number of rotatable bonds is 10. The number of unbranched alkanes of at least 4 members (excludes halogenated alkanes) is 4. The van der Waals surface area contributed by atoms with Crippen LogP contribution in [0.2, 0.25) is 0 Å². The molecule has 3 rings (SSSR count). The van der Waals surface area contributed by atoms with E-state index >= 15 is 0 Å². The molecule has 0 atom stereocenters. The van der Waals surface area contributed by atoms with E-state index in [0.29, 0.717) is 12.0 Å². The zero-order chi connectivity index (χ0) is 22.2. The lowest BCUT2D eigenvalue weighted by Gasteiger charge is -2.11. The molecule has 31 heavy (non-hydrogen) atoms. The Balaban J connectivity index is 1.80. The molecule has 164 valence electrons. The Hall–Kier alpha value is -2.55. The Morgan fingerprint density at radius 3 is 1.84 bits per heavy atom. The van der Waals surface area contributed by atoms with Crippen LogP contribution in [0.3, 0.4) is 0 Å². The van der Waals surface area contributed by atoms with Gasteiger partial charge >= 0.3 is 0 Å². The first kappa shape index (κ1) is 23.1. The normalized spacial score (nSPS) is 11.1. The fourth-order valence-electron chi connectivity index (χ4n) is 3.91. The summed E-state index contributed by atoms with van der Waals surface area (Å²) >= 11 is 0. The largest absolute Gasteiger partial charge is 0.206 e. The van der Waals surface area contributed by atoms with Crippen LogP contribution in [0.5, 0.6) is 0 Å². The molecule has 0 fully saturated rings. The average Bonchev–Trinajstić information content (AvgIpc) is 2.78. The quantitative estimate of drug-likeness (QED) is 0.285. The van der Waals surface area contributed by atoms with Gasteiger partial charge in [0.1, 0.15) is 5.82 Å². The van der Waals surface area contributed by atoms with Gasteiger partial charge in [0.15, 0.2) is 11.6 Å². The number of hydrogen-bond donors (Lipinski definition) is 0. The number of aryl methyl sites for hydroxylation is 2. The van der Waals surface area contributed by atoms with E-state index in [9.17, 15) is 13.2 Å². The van der Waals surface area contributed by atoms with Gasteiger partial charge in [0, 0.05) is 11.1 Å². The highest BCUT2D eigenvalue weighted by Crippen LogP contribution is 2.32. The zero-order valence-corrected chi connectivity index (χ0v) is 18.5. The van der Waals surface area contributed by atoms with Gasteiger partial charge in [-0.3, -0.25) is 0 Å². The zero-order valence-electron chi connectivity index (χ0n) is 18.5. The molecule has 0 nitrogen and oxygen atoms in total. The van der Waals surface area contributed by atoms with Crippen LogP contribution in [0.15, 0.2) is 54.6 Å². The molecule has 0 aliphatic carbocycles. The first-order chi connectivity index (χ1) is 15.0. The van der Waals surface area contributed by atoms with Gasteiger partial charge in [0.2, 0.25) is 0 Å². The summed E-state index contributed by atoms with van der Waals surface area (Å²) in [6.07, 6.45) is 7.90. The van der Waals surface area contributed by atoms with Crippen molar-refractivity contribution in [2.75, 3.05) is 0 Å². The molecule has 0 saturated carbocycles. The molecule has 0 bridgehead atoms. The van der Waals surface area contributed by atoms with E-state index in [-0.39, 0.29) is 11.1 Å². The maximum absolute atomic E-state index is 14.9. The van der Waals surface area contributed by atoms with Crippen molar-refractivity contribution in [1.82, 2.24) is 0 Å². The van der Waals surface area contributed by atoms with Crippen molar-refractivity contribution in [3.63, 3.8) is 0 Å². The minimum atomic E-state index is -0.975. The van der Waals surface area contributed by atoms with Gasteiger partial charge < -0.3 is 0 Å². The van der Waals surface area contributed by atoms with E-state index in [1.165, 1.54) is 43.0 Å². The lowest BCUT2D eigenvalue weighted by molar-refractivity contribution is 0.497. The number of halogens is 3. The molecule has 3 heteroatoms. The predicted molar refractivity (Wildman–Crippen MR) is 124 cm³/mol. The van der Waals surface area contributed by atoms with Crippen LogP contribution in [0.4, 0.5) is 13.2 Å². The standard InChI is InChI=1S/C28H31F3/c1-3-5-7-9-20-11-13-21(14-12-20)23-16-17-24(26(29)19-23)25-18-15-22(10-8-6-4-2)27(30)28(25)31/h11-19H,3-10H2,1-2H3. The maximum atomic E-state index is 14.9. The molecule has 0 saturated heterocycles. The Morgan fingerprint density at radius 1 is 0.581 bits per heavy atom. The van der Waals surface area contributed by atoms with Crippen LogP contribution in [-0.4, -0.2) is 0 Å². The molecule has 0 amide bonds. The van der Waals surface area contributed by atoms with Gasteiger partial charge in [-0.05, 0) is 54.0 Å². The van der Waals surface area contributed by atoms with Crippen molar-refractivity contribution in [3.05, 3.63) is 83.2 Å². The molecule has 0 N–H and O–H groups in total. The van der Waals surface area contributed by atoms with Gasteiger partial charge in [-0.2, -0.15) is 0 Å². The van der Waals surface area contributed by atoms with Crippen molar-refractivity contribution in [1.29, 1.82) is 0 Å². The van der Waals surface area contributed by atoms with Crippen LogP contribution in [0.1, 0.15) is 63.5 Å². The van der Waals surface area contributed by atoms with E-state index in [1.807, 2.05) is 12.1 Å². The van der Waals surface area contributed by atoms with E-state index in [0.717, 1.165) is 36.8 Å². The first-order valence-corrected chi connectivity index (χ1v) is 11.4. The molecule has 0 radical (unpaired) electrons. The third-order valence-electron chi connectivity index (χ3n) is 5.83. The average molecular weight is 425 g/mol. The van der Waals surface area contributed by atoms with E-state index in [2.05, 4.69) is 26.0 Å². The second-order valence-corrected chi connectivity index (χ2v) is 8.21. The number of benzene rings is 3. The molecule has 0 aromatic heterocycles. The van der Waals surface area contributed by atoms with Crippen molar-refractivity contribution >= 4 is 0 Å². The summed E-state index contributed by atoms with van der Waals surface area (Å²) in [5, 5.41) is 0. The summed E-state index contributed by atoms with van der Waals surface area (Å²) < 4.78 is 44.1. The van der Waals surface area contributed by atoms with Crippen molar-refractivity contribution in [2.45, 2.75) is 65.2 Å². The summed E-state index contributed by atoms with van der Waals surface area (Å²) in [4.78, 5) is 0. The monoisotopic (exact) mass is 424 g/mol. The first-order valence-electron chi connectivity index (χ1n) is 11.4. The SMILES string of the molecule is CCCCCc1ccc(-c2ccc(-c3ccc(CCCCC)c(F)c3F)c(F)c2)cc1. The molecular weight excluding hydrogens is 393 g/mol. The molecule has 3 aromatic rings. The second-order valence-electron chi connectivity index (χ2n) is 8.21. The highest BCUT2D eigenvalue weighted by molar-refractivity contribution is 5.71. The topological polar surface area (TPSA) is 0 Å². The molecule has 0 spiro atoms. The summed E-state index contributed by atoms with van der Waals surface area (Å²) in [5.74, 6) is -2.39. The Kier molecular flexibility index (Phi) is 8.34. The molecule has 0 unspecified atom stereocenters. The second kappa shape index (κ2) is 11.2. The van der Waals surface area contributed by atoms with E-state index < -0.39 is 17.5 Å². The minimum absolute atomic E-state index is 0.0351. The maximum Gasteiger partial charge on any atom is 0.167 e. The van der Waals surface area contributed by atoms with Crippen LogP contribution in [-0.2, 0) is 12.8 Å². The smallest absolute Gasteiger partial charge is 0.167 e. The van der Waals surface area contributed by atoms with Crippen molar-refractivity contribution < 1.29 is 13.2 Å². The van der Waals surface area contributed by atoms with Gasteiger partial charge in [-0.25, -0.2) is 13.2 Å². The van der Waals surface area contributed by atoms with Crippen molar-refractivity contribution in [3.8, 4) is 22.3 Å².